The van der Waals surface area contributed by atoms with Crippen LogP contribution >= 0.6 is 11.6 Å². The van der Waals surface area contributed by atoms with E-state index in [0.717, 1.165) is 31.6 Å². The number of amides is 1. The number of halogens is 1. The molecule has 1 fully saturated rings. The van der Waals surface area contributed by atoms with Crippen molar-refractivity contribution in [3.05, 3.63) is 17.3 Å². The molecule has 0 unspecified atom stereocenters. The maximum Gasteiger partial charge on any atom is 0.409 e. The summed E-state index contributed by atoms with van der Waals surface area (Å²) in [5.41, 5.74) is 1.22. The van der Waals surface area contributed by atoms with Gasteiger partial charge in [-0.15, -0.1) is 0 Å². The number of piperazine rings is 1. The van der Waals surface area contributed by atoms with E-state index in [9.17, 15) is 9.90 Å². The minimum Gasteiger partial charge on any atom is -0.480 e. The van der Waals surface area contributed by atoms with Crippen LogP contribution in [-0.4, -0.2) is 75.4 Å². The lowest BCUT2D eigenvalue weighted by Crippen LogP contribution is -2.49. The lowest BCUT2D eigenvalue weighted by molar-refractivity contribution is 0.0844. The molecule has 0 saturated carbocycles. The van der Waals surface area contributed by atoms with Crippen LogP contribution in [-0.2, 0) is 4.74 Å². The van der Waals surface area contributed by atoms with E-state index in [1.807, 2.05) is 4.57 Å². The predicted molar refractivity (Wildman–Crippen MR) is 103 cm³/mol. The highest BCUT2D eigenvalue weighted by atomic mass is 35.5. The van der Waals surface area contributed by atoms with Crippen molar-refractivity contribution in [1.82, 2.24) is 24.3 Å². The molecule has 0 radical (unpaired) electrons. The number of carbonyl (C=O) groups is 1. The molecule has 0 aliphatic carbocycles. The fourth-order valence-electron chi connectivity index (χ4n) is 3.65. The number of hydrogen-bond acceptors (Lipinski definition) is 6. The van der Waals surface area contributed by atoms with Gasteiger partial charge in [0, 0.05) is 38.9 Å². The largest absolute Gasteiger partial charge is 0.480 e. The van der Waals surface area contributed by atoms with E-state index in [0.29, 0.717) is 29.7 Å². The van der Waals surface area contributed by atoms with E-state index >= 15 is 0 Å². The van der Waals surface area contributed by atoms with Crippen molar-refractivity contribution in [3.63, 3.8) is 0 Å². The number of aromatic nitrogens is 3. The van der Waals surface area contributed by atoms with Crippen molar-refractivity contribution >= 4 is 28.9 Å². The molecular weight excluding hydrogens is 370 g/mol. The van der Waals surface area contributed by atoms with Crippen molar-refractivity contribution in [1.29, 1.82) is 0 Å². The highest BCUT2D eigenvalue weighted by molar-refractivity contribution is 6.31. The molecule has 0 bridgehead atoms. The first-order valence-corrected chi connectivity index (χ1v) is 9.54. The average molecular weight is 396 g/mol. The first-order chi connectivity index (χ1) is 12.9. The Labute approximate surface area is 163 Å². The van der Waals surface area contributed by atoms with Crippen LogP contribution in [0.25, 0.3) is 11.2 Å². The van der Waals surface area contributed by atoms with E-state index in [1.165, 1.54) is 13.3 Å². The molecule has 1 aliphatic heterocycles. The second-order valence-corrected chi connectivity index (χ2v) is 7.76. The summed E-state index contributed by atoms with van der Waals surface area (Å²) in [4.78, 5) is 24.1. The molecule has 1 aliphatic rings. The number of ether oxygens (including phenoxy) is 1. The Bertz CT molecular complexity index is 802. The Morgan fingerprint density at radius 1 is 1.33 bits per heavy atom. The van der Waals surface area contributed by atoms with Gasteiger partial charge in [0.05, 0.1) is 23.7 Å². The van der Waals surface area contributed by atoms with E-state index in [-0.39, 0.29) is 18.1 Å². The maximum absolute atomic E-state index is 11.7. The second kappa shape index (κ2) is 8.31. The molecule has 1 N–H and O–H groups in total. The van der Waals surface area contributed by atoms with E-state index in [2.05, 4.69) is 28.7 Å². The molecule has 3 heterocycles. The fourth-order valence-corrected chi connectivity index (χ4v) is 3.80. The summed E-state index contributed by atoms with van der Waals surface area (Å²) in [6, 6.07) is 1.78. The molecule has 0 aromatic carbocycles. The maximum atomic E-state index is 11.7. The third-order valence-corrected chi connectivity index (χ3v) is 5.08. The summed E-state index contributed by atoms with van der Waals surface area (Å²) in [6.45, 7) is 7.84. The monoisotopic (exact) mass is 395 g/mol. The van der Waals surface area contributed by atoms with Gasteiger partial charge in [-0.3, -0.25) is 9.47 Å². The Kier molecular flexibility index (Phi) is 6.06. The summed E-state index contributed by atoms with van der Waals surface area (Å²) in [5, 5.41) is 11.0. The zero-order valence-electron chi connectivity index (χ0n) is 15.9. The molecule has 27 heavy (non-hydrogen) atoms. The van der Waals surface area contributed by atoms with Gasteiger partial charge in [0.25, 0.3) is 6.01 Å². The number of fused-ring (bicyclic) bond motifs is 1. The van der Waals surface area contributed by atoms with E-state index in [4.69, 9.17) is 16.3 Å². The van der Waals surface area contributed by atoms with Crippen molar-refractivity contribution in [2.24, 2.45) is 5.92 Å². The molecule has 9 heteroatoms. The minimum absolute atomic E-state index is 0.0277. The van der Waals surface area contributed by atoms with Crippen molar-refractivity contribution in [2.45, 2.75) is 26.3 Å². The standard InChI is InChI=1S/C18H26ClN5O3/c1-12(2)8-14(11-22-4-6-23(7-5-22)18(26)27-3)24-15-9-13(19)10-20-16(15)21-17(24)25/h9-10,12,14H,4-8,11H2,1-3H3,(H,20,21,25)/t14-/m1/s1. The SMILES string of the molecule is COC(=O)N1CCN(C[C@@H](CC(C)C)n2c(O)nc3ncc(Cl)cc32)CC1. The molecule has 0 spiro atoms. The summed E-state index contributed by atoms with van der Waals surface area (Å²) in [6.07, 6.45) is 2.12. The molecular formula is C18H26ClN5O3. The third kappa shape index (κ3) is 4.44. The van der Waals surface area contributed by atoms with Gasteiger partial charge in [-0.05, 0) is 18.4 Å². The average Bonchev–Trinajstić information content (AvgIpc) is 2.95. The zero-order chi connectivity index (χ0) is 19.6. The van der Waals surface area contributed by atoms with Gasteiger partial charge in [0.1, 0.15) is 0 Å². The highest BCUT2D eigenvalue weighted by Gasteiger charge is 2.27. The number of nitrogens with zero attached hydrogens (tertiary/aromatic N) is 5. The first-order valence-electron chi connectivity index (χ1n) is 9.16. The van der Waals surface area contributed by atoms with Crippen molar-refractivity contribution in [3.8, 4) is 6.01 Å². The van der Waals surface area contributed by atoms with Crippen LogP contribution < -0.4 is 0 Å². The van der Waals surface area contributed by atoms with Gasteiger partial charge in [-0.25, -0.2) is 9.78 Å². The van der Waals surface area contributed by atoms with Crippen LogP contribution in [0.2, 0.25) is 5.02 Å². The smallest absolute Gasteiger partial charge is 0.409 e. The molecule has 3 rings (SSSR count). The fraction of sp³-hybridized carbons (Fsp3) is 0.611. The number of methoxy groups -OCH3 is 1. The van der Waals surface area contributed by atoms with Crippen molar-refractivity contribution < 1.29 is 14.6 Å². The van der Waals surface area contributed by atoms with Gasteiger partial charge < -0.3 is 14.7 Å². The summed E-state index contributed by atoms with van der Waals surface area (Å²) < 4.78 is 6.63. The van der Waals surface area contributed by atoms with Crippen LogP contribution in [0.3, 0.4) is 0 Å². The highest BCUT2D eigenvalue weighted by Crippen LogP contribution is 2.30. The number of aromatic hydroxyl groups is 1. The van der Waals surface area contributed by atoms with Crippen LogP contribution in [0, 0.1) is 5.92 Å². The first kappa shape index (κ1) is 19.7. The summed E-state index contributed by atoms with van der Waals surface area (Å²) in [5.74, 6) is 0.440. The molecule has 1 amide bonds. The van der Waals surface area contributed by atoms with Gasteiger partial charge >= 0.3 is 6.09 Å². The Morgan fingerprint density at radius 2 is 2.04 bits per heavy atom. The normalized spacial score (nSPS) is 16.9. The number of carbonyl (C=O) groups excluding carboxylic acids is 1. The van der Waals surface area contributed by atoms with Gasteiger partial charge in [0.15, 0.2) is 5.65 Å². The Balaban J connectivity index is 1.81. The molecule has 1 saturated heterocycles. The molecule has 8 nitrogen and oxygen atoms in total. The lowest BCUT2D eigenvalue weighted by Gasteiger charge is -2.36. The van der Waals surface area contributed by atoms with Gasteiger partial charge in [0.2, 0.25) is 0 Å². The summed E-state index contributed by atoms with van der Waals surface area (Å²) in [7, 11) is 1.40. The van der Waals surface area contributed by atoms with Crippen LogP contribution in [0.1, 0.15) is 26.3 Å². The summed E-state index contributed by atoms with van der Waals surface area (Å²) >= 11 is 6.12. The van der Waals surface area contributed by atoms with Crippen LogP contribution in [0.4, 0.5) is 4.79 Å². The number of imidazole rings is 1. The molecule has 2 aromatic rings. The van der Waals surface area contributed by atoms with Gasteiger partial charge in [-0.1, -0.05) is 25.4 Å². The molecule has 2 aromatic heterocycles. The Morgan fingerprint density at radius 3 is 2.67 bits per heavy atom. The number of hydrogen-bond donors (Lipinski definition) is 1. The third-order valence-electron chi connectivity index (χ3n) is 4.88. The van der Waals surface area contributed by atoms with Gasteiger partial charge in [-0.2, -0.15) is 4.98 Å². The number of rotatable bonds is 5. The van der Waals surface area contributed by atoms with E-state index < -0.39 is 0 Å². The van der Waals surface area contributed by atoms with E-state index in [1.54, 1.807) is 11.0 Å². The lowest BCUT2D eigenvalue weighted by atomic mass is 10.0. The predicted octanol–water partition coefficient (Wildman–Crippen LogP) is 2.76. The molecule has 1 atom stereocenters. The molecule has 148 valence electrons. The quantitative estimate of drug-likeness (QED) is 0.838. The second-order valence-electron chi connectivity index (χ2n) is 7.32. The van der Waals surface area contributed by atoms with Crippen LogP contribution in [0.15, 0.2) is 12.3 Å². The van der Waals surface area contributed by atoms with Crippen molar-refractivity contribution in [2.75, 3.05) is 39.8 Å². The zero-order valence-corrected chi connectivity index (χ0v) is 16.7. The Hall–Kier alpha value is -2.06. The minimum atomic E-state index is -0.285. The topological polar surface area (TPSA) is 83.7 Å². The van der Waals surface area contributed by atoms with Crippen LogP contribution in [0.5, 0.6) is 6.01 Å². The number of pyridine rings is 1.